The van der Waals surface area contributed by atoms with Crippen LogP contribution in [0.5, 0.6) is 0 Å². The van der Waals surface area contributed by atoms with E-state index in [1.807, 2.05) is 19.1 Å². The normalized spacial score (nSPS) is 13.2. The topological polar surface area (TPSA) is 112 Å². The molecule has 0 bridgehead atoms. The van der Waals surface area contributed by atoms with Gasteiger partial charge in [-0.2, -0.15) is 0 Å². The zero-order valence-corrected chi connectivity index (χ0v) is 16.1. The lowest BCUT2D eigenvalue weighted by molar-refractivity contribution is -0.118. The van der Waals surface area contributed by atoms with Gasteiger partial charge in [0.1, 0.15) is 6.54 Å². The highest BCUT2D eigenvalue weighted by Crippen LogP contribution is 2.15. The van der Waals surface area contributed by atoms with Crippen LogP contribution in [0.1, 0.15) is 11.1 Å². The number of nitrogens with one attached hydrogen (secondary N) is 3. The number of carbonyl (C=O) groups excluding carboxylic acids is 3. The van der Waals surface area contributed by atoms with Crippen molar-refractivity contribution in [2.24, 2.45) is 4.99 Å². The number of hydrogen-bond donors (Lipinski definition) is 3. The summed E-state index contributed by atoms with van der Waals surface area (Å²) < 4.78 is 4.53. The SMILES string of the molecule is COC(=O)Nc1ccc(CNC(=O)C2=NCC(=O)N(c3ccc(C)cc3)N2)cc1. The Morgan fingerprint density at radius 1 is 1.14 bits per heavy atom. The Morgan fingerprint density at radius 2 is 1.83 bits per heavy atom. The minimum Gasteiger partial charge on any atom is -0.453 e. The molecule has 3 amide bonds. The number of aliphatic imine (C=N–C) groups is 1. The van der Waals surface area contributed by atoms with E-state index in [9.17, 15) is 14.4 Å². The molecule has 0 saturated carbocycles. The highest BCUT2D eigenvalue weighted by molar-refractivity contribution is 6.39. The lowest BCUT2D eigenvalue weighted by Gasteiger charge is -2.27. The predicted octanol–water partition coefficient (Wildman–Crippen LogP) is 1.74. The molecule has 0 fully saturated rings. The largest absolute Gasteiger partial charge is 0.453 e. The number of nitrogens with zero attached hydrogens (tertiary/aromatic N) is 2. The number of amides is 3. The number of carbonyl (C=O) groups is 3. The van der Waals surface area contributed by atoms with Gasteiger partial charge in [0.25, 0.3) is 11.8 Å². The van der Waals surface area contributed by atoms with Crippen LogP contribution in [0.25, 0.3) is 0 Å². The van der Waals surface area contributed by atoms with Gasteiger partial charge in [-0.05, 0) is 36.8 Å². The first kappa shape index (κ1) is 19.9. The Kier molecular flexibility index (Phi) is 6.08. The number of aryl methyl sites for hydroxylation is 1. The van der Waals surface area contributed by atoms with Crippen molar-refractivity contribution in [3.63, 3.8) is 0 Å². The third kappa shape index (κ3) is 5.10. The van der Waals surface area contributed by atoms with Crippen LogP contribution in [0.2, 0.25) is 0 Å². The maximum atomic E-state index is 12.4. The Bertz CT molecular complexity index is 938. The molecule has 9 nitrogen and oxygen atoms in total. The molecule has 0 aromatic heterocycles. The van der Waals surface area contributed by atoms with Gasteiger partial charge in [-0.3, -0.25) is 25.3 Å². The summed E-state index contributed by atoms with van der Waals surface area (Å²) in [6, 6.07) is 14.3. The number of anilines is 2. The fourth-order valence-corrected chi connectivity index (χ4v) is 2.59. The molecule has 0 saturated heterocycles. The Balaban J connectivity index is 1.58. The zero-order valence-electron chi connectivity index (χ0n) is 16.1. The maximum absolute atomic E-state index is 12.4. The predicted molar refractivity (Wildman–Crippen MR) is 108 cm³/mol. The summed E-state index contributed by atoms with van der Waals surface area (Å²) in [6.07, 6.45) is -0.555. The average Bonchev–Trinajstić information content (AvgIpc) is 2.74. The zero-order chi connectivity index (χ0) is 20.8. The van der Waals surface area contributed by atoms with Gasteiger partial charge in [-0.15, -0.1) is 0 Å². The van der Waals surface area contributed by atoms with E-state index < -0.39 is 12.0 Å². The lowest BCUT2D eigenvalue weighted by Crippen LogP contribution is -2.55. The van der Waals surface area contributed by atoms with Crippen molar-refractivity contribution in [3.05, 3.63) is 59.7 Å². The second-order valence-electron chi connectivity index (χ2n) is 6.34. The number of ether oxygens (including phenoxy) is 1. The van der Waals surface area contributed by atoms with Crippen molar-refractivity contribution < 1.29 is 19.1 Å². The van der Waals surface area contributed by atoms with Gasteiger partial charge >= 0.3 is 6.09 Å². The van der Waals surface area contributed by atoms with Gasteiger partial charge in [-0.1, -0.05) is 29.8 Å². The maximum Gasteiger partial charge on any atom is 0.411 e. The summed E-state index contributed by atoms with van der Waals surface area (Å²) in [5.41, 5.74) is 5.88. The molecule has 2 aromatic rings. The number of hydrazine groups is 1. The van der Waals surface area contributed by atoms with Crippen molar-refractivity contribution in [3.8, 4) is 0 Å². The average molecular weight is 395 g/mol. The van der Waals surface area contributed by atoms with Crippen molar-refractivity contribution in [2.75, 3.05) is 24.0 Å². The fraction of sp³-hybridized carbons (Fsp3) is 0.200. The molecule has 29 heavy (non-hydrogen) atoms. The van der Waals surface area contributed by atoms with E-state index in [4.69, 9.17) is 0 Å². The van der Waals surface area contributed by atoms with E-state index in [-0.39, 0.29) is 24.8 Å². The molecule has 2 aromatic carbocycles. The first-order valence-corrected chi connectivity index (χ1v) is 8.89. The number of benzene rings is 2. The van der Waals surface area contributed by atoms with E-state index in [1.54, 1.807) is 36.4 Å². The molecule has 1 aliphatic heterocycles. The van der Waals surface area contributed by atoms with Gasteiger partial charge in [0.2, 0.25) is 5.84 Å². The monoisotopic (exact) mass is 395 g/mol. The van der Waals surface area contributed by atoms with E-state index in [2.05, 4.69) is 25.8 Å². The third-order valence-electron chi connectivity index (χ3n) is 4.19. The second-order valence-corrected chi connectivity index (χ2v) is 6.34. The summed E-state index contributed by atoms with van der Waals surface area (Å²) in [6.45, 7) is 2.10. The van der Waals surface area contributed by atoms with E-state index >= 15 is 0 Å². The molecule has 1 heterocycles. The molecule has 0 radical (unpaired) electrons. The molecular weight excluding hydrogens is 374 g/mol. The molecule has 0 spiro atoms. The van der Waals surface area contributed by atoms with Crippen molar-refractivity contribution in [1.82, 2.24) is 10.7 Å². The van der Waals surface area contributed by atoms with E-state index in [0.717, 1.165) is 11.1 Å². The summed E-state index contributed by atoms with van der Waals surface area (Å²) in [7, 11) is 1.29. The van der Waals surface area contributed by atoms with Gasteiger partial charge in [-0.25, -0.2) is 9.80 Å². The molecule has 9 heteroatoms. The smallest absolute Gasteiger partial charge is 0.411 e. The molecule has 0 unspecified atom stereocenters. The van der Waals surface area contributed by atoms with Gasteiger partial charge in [0.05, 0.1) is 12.8 Å². The number of rotatable bonds is 5. The van der Waals surface area contributed by atoms with E-state index in [1.165, 1.54) is 12.1 Å². The van der Waals surface area contributed by atoms with E-state index in [0.29, 0.717) is 11.4 Å². The van der Waals surface area contributed by atoms with Gasteiger partial charge < -0.3 is 10.1 Å². The van der Waals surface area contributed by atoms with Gasteiger partial charge in [0, 0.05) is 12.2 Å². The summed E-state index contributed by atoms with van der Waals surface area (Å²) in [4.78, 5) is 39.8. The minimum absolute atomic E-state index is 0.0640. The van der Waals surface area contributed by atoms with Crippen LogP contribution in [-0.2, 0) is 20.9 Å². The Hall–Kier alpha value is -3.88. The summed E-state index contributed by atoms with van der Waals surface area (Å²) in [5.74, 6) is -0.611. The Morgan fingerprint density at radius 3 is 2.48 bits per heavy atom. The standard InChI is InChI=1S/C20H21N5O4/c1-13-3-9-16(10-4-13)25-17(26)12-21-18(24-25)19(27)22-11-14-5-7-15(8-6-14)23-20(28)29-2/h3-10H,11-12H2,1-2H3,(H,21,24)(H,22,27)(H,23,28). The molecule has 1 aliphatic rings. The first-order chi connectivity index (χ1) is 14.0. The molecule has 150 valence electrons. The first-order valence-electron chi connectivity index (χ1n) is 8.89. The van der Waals surface area contributed by atoms with Crippen LogP contribution >= 0.6 is 0 Å². The molecular formula is C20H21N5O4. The summed E-state index contributed by atoms with van der Waals surface area (Å²) in [5, 5.41) is 6.62. The lowest BCUT2D eigenvalue weighted by atomic mass is 10.2. The minimum atomic E-state index is -0.555. The number of amidine groups is 1. The van der Waals surface area contributed by atoms with Crippen LogP contribution in [-0.4, -0.2) is 37.4 Å². The number of hydrogen-bond acceptors (Lipinski definition) is 6. The fourth-order valence-electron chi connectivity index (χ4n) is 2.59. The second kappa shape index (κ2) is 8.87. The van der Waals surface area contributed by atoms with Crippen molar-refractivity contribution in [1.29, 1.82) is 0 Å². The van der Waals surface area contributed by atoms with Gasteiger partial charge in [0.15, 0.2) is 0 Å². The van der Waals surface area contributed by atoms with Crippen molar-refractivity contribution >= 4 is 35.1 Å². The number of methoxy groups -OCH3 is 1. The van der Waals surface area contributed by atoms with Crippen LogP contribution < -0.4 is 21.1 Å². The molecule has 0 atom stereocenters. The molecule has 0 aliphatic carbocycles. The quantitative estimate of drug-likeness (QED) is 0.714. The highest BCUT2D eigenvalue weighted by atomic mass is 16.5. The Labute approximate surface area is 167 Å². The van der Waals surface area contributed by atoms with Crippen LogP contribution in [0, 0.1) is 6.92 Å². The van der Waals surface area contributed by atoms with Crippen molar-refractivity contribution in [2.45, 2.75) is 13.5 Å². The molecule has 3 N–H and O–H groups in total. The van der Waals surface area contributed by atoms with Crippen LogP contribution in [0.15, 0.2) is 53.5 Å². The third-order valence-corrected chi connectivity index (χ3v) is 4.19. The van der Waals surface area contributed by atoms with Crippen LogP contribution in [0.3, 0.4) is 0 Å². The molecule has 3 rings (SSSR count). The summed E-state index contributed by atoms with van der Waals surface area (Å²) >= 11 is 0. The van der Waals surface area contributed by atoms with Crippen LogP contribution in [0.4, 0.5) is 16.2 Å². The highest BCUT2D eigenvalue weighted by Gasteiger charge is 2.25.